The molecule has 0 bridgehead atoms. The number of ether oxygens (including phenoxy) is 2. The van der Waals surface area contributed by atoms with Crippen molar-refractivity contribution in [2.24, 2.45) is 22.7 Å². The van der Waals surface area contributed by atoms with Gasteiger partial charge in [0.05, 0.1) is 5.60 Å². The van der Waals surface area contributed by atoms with Crippen molar-refractivity contribution >= 4 is 5.97 Å². The first-order valence-electron chi connectivity index (χ1n) is 9.34. The summed E-state index contributed by atoms with van der Waals surface area (Å²) in [5.74, 6) is 1.10. The first-order valence-corrected chi connectivity index (χ1v) is 9.34. The molecule has 0 N–H and O–H groups in total. The van der Waals surface area contributed by atoms with Crippen molar-refractivity contribution in [2.75, 3.05) is 0 Å². The van der Waals surface area contributed by atoms with Crippen molar-refractivity contribution in [2.45, 2.75) is 84.5 Å². The maximum Gasteiger partial charge on any atom is 0.333 e. The summed E-state index contributed by atoms with van der Waals surface area (Å²) in [5, 5.41) is 0. The highest BCUT2D eigenvalue weighted by Gasteiger charge is 2.60. The number of hydrogen-bond acceptors (Lipinski definition) is 3. The molecule has 3 heteroatoms. The average molecular weight is 318 g/mol. The summed E-state index contributed by atoms with van der Waals surface area (Å²) in [5.41, 5.74) is 1.67. The molecule has 2 aliphatic heterocycles. The van der Waals surface area contributed by atoms with Gasteiger partial charge in [-0.1, -0.05) is 27.2 Å². The van der Waals surface area contributed by atoms with E-state index in [0.717, 1.165) is 30.8 Å². The van der Waals surface area contributed by atoms with Gasteiger partial charge in [0.2, 0.25) is 6.29 Å². The van der Waals surface area contributed by atoms with Gasteiger partial charge in [-0.15, -0.1) is 0 Å². The minimum absolute atomic E-state index is 0.163. The molecule has 0 unspecified atom stereocenters. The number of carbonyl (C=O) groups excluding carboxylic acids is 1. The third-order valence-corrected chi connectivity index (χ3v) is 7.67. The summed E-state index contributed by atoms with van der Waals surface area (Å²) in [6, 6.07) is 0. The Morgan fingerprint density at radius 3 is 2.61 bits per heavy atom. The second-order valence-corrected chi connectivity index (χ2v) is 9.45. The molecular formula is C20H30O3. The first-order chi connectivity index (χ1) is 10.7. The van der Waals surface area contributed by atoms with Crippen LogP contribution in [-0.4, -0.2) is 17.9 Å². The Hall–Kier alpha value is -0.830. The summed E-state index contributed by atoms with van der Waals surface area (Å²) in [4.78, 5) is 11.6. The number of fused-ring (bicyclic) bond motifs is 4. The lowest BCUT2D eigenvalue weighted by Crippen LogP contribution is -2.58. The quantitative estimate of drug-likeness (QED) is 0.612. The molecule has 3 nitrogen and oxygen atoms in total. The molecule has 5 atom stereocenters. The minimum Gasteiger partial charge on any atom is -0.428 e. The maximum atomic E-state index is 11.6. The Kier molecular flexibility index (Phi) is 3.30. The Morgan fingerprint density at radius 1 is 1.04 bits per heavy atom. The van der Waals surface area contributed by atoms with Gasteiger partial charge in [-0.25, -0.2) is 4.79 Å². The zero-order chi connectivity index (χ0) is 16.5. The van der Waals surface area contributed by atoms with E-state index in [2.05, 4.69) is 27.7 Å². The molecule has 2 aliphatic carbocycles. The van der Waals surface area contributed by atoms with Crippen LogP contribution in [0.25, 0.3) is 0 Å². The smallest absolute Gasteiger partial charge is 0.333 e. The van der Waals surface area contributed by atoms with E-state index in [9.17, 15) is 4.79 Å². The number of carbonyl (C=O) groups is 1. The SMILES string of the molecule is CC1(C)CCC[C@]2(C)[C@H]3CCC4=CC(=O)O[C@H]4O[C@]3(C)CC[C@@H]12. The maximum absolute atomic E-state index is 11.6. The molecule has 1 saturated heterocycles. The second-order valence-electron chi connectivity index (χ2n) is 9.45. The van der Waals surface area contributed by atoms with Crippen LogP contribution in [0.2, 0.25) is 0 Å². The van der Waals surface area contributed by atoms with Crippen LogP contribution in [-0.2, 0) is 14.3 Å². The fourth-order valence-corrected chi connectivity index (χ4v) is 6.66. The standard InChI is InChI=1S/C20H30O3/c1-18(2)9-5-10-19(3)14(18)8-11-20(4)15(19)7-6-13-12-16(21)22-17(13)23-20/h12,14-15,17H,5-11H2,1-4H3/t14-,15+,17-,19-,20+/m0/s1. The molecule has 128 valence electrons. The van der Waals surface area contributed by atoms with Crippen LogP contribution in [0.1, 0.15) is 72.6 Å². The van der Waals surface area contributed by atoms with Gasteiger partial charge < -0.3 is 9.47 Å². The molecular weight excluding hydrogens is 288 g/mol. The van der Waals surface area contributed by atoms with Crippen molar-refractivity contribution in [3.8, 4) is 0 Å². The van der Waals surface area contributed by atoms with E-state index in [4.69, 9.17) is 9.47 Å². The molecule has 4 rings (SSSR count). The first kappa shape index (κ1) is 15.7. The van der Waals surface area contributed by atoms with E-state index in [1.165, 1.54) is 25.7 Å². The molecule has 0 aromatic rings. The normalized spacial score (nSPS) is 48.4. The van der Waals surface area contributed by atoms with Gasteiger partial charge in [-0.05, 0) is 68.1 Å². The molecule has 0 radical (unpaired) electrons. The van der Waals surface area contributed by atoms with Crippen LogP contribution >= 0.6 is 0 Å². The molecule has 2 heterocycles. The third-order valence-electron chi connectivity index (χ3n) is 7.67. The average Bonchev–Trinajstić information content (AvgIpc) is 2.69. The summed E-state index contributed by atoms with van der Waals surface area (Å²) in [6.07, 6.45) is 9.62. The zero-order valence-corrected chi connectivity index (χ0v) is 15.0. The van der Waals surface area contributed by atoms with E-state index in [-0.39, 0.29) is 11.6 Å². The molecule has 2 saturated carbocycles. The van der Waals surface area contributed by atoms with E-state index < -0.39 is 6.29 Å². The van der Waals surface area contributed by atoms with Crippen molar-refractivity contribution in [1.29, 1.82) is 0 Å². The summed E-state index contributed by atoms with van der Waals surface area (Å²) >= 11 is 0. The van der Waals surface area contributed by atoms with Crippen molar-refractivity contribution in [3.63, 3.8) is 0 Å². The van der Waals surface area contributed by atoms with E-state index in [0.29, 0.717) is 16.7 Å². The molecule has 0 aromatic heterocycles. The van der Waals surface area contributed by atoms with Crippen LogP contribution in [0.4, 0.5) is 0 Å². The fraction of sp³-hybridized carbons (Fsp3) is 0.850. The minimum atomic E-state index is -0.422. The summed E-state index contributed by atoms with van der Waals surface area (Å²) < 4.78 is 11.9. The molecule has 4 aliphatic rings. The van der Waals surface area contributed by atoms with Crippen LogP contribution < -0.4 is 0 Å². The van der Waals surface area contributed by atoms with Crippen molar-refractivity contribution in [3.05, 3.63) is 11.6 Å². The fourth-order valence-electron chi connectivity index (χ4n) is 6.66. The lowest BCUT2D eigenvalue weighted by molar-refractivity contribution is -0.237. The van der Waals surface area contributed by atoms with Crippen LogP contribution in [0.15, 0.2) is 11.6 Å². The van der Waals surface area contributed by atoms with Crippen LogP contribution in [0, 0.1) is 22.7 Å². The van der Waals surface area contributed by atoms with Gasteiger partial charge in [0.15, 0.2) is 0 Å². The molecule has 23 heavy (non-hydrogen) atoms. The van der Waals surface area contributed by atoms with E-state index in [1.54, 1.807) is 6.08 Å². The highest BCUT2D eigenvalue weighted by molar-refractivity contribution is 5.85. The van der Waals surface area contributed by atoms with Gasteiger partial charge in [0.1, 0.15) is 0 Å². The largest absolute Gasteiger partial charge is 0.428 e. The highest BCUT2D eigenvalue weighted by Crippen LogP contribution is 2.64. The topological polar surface area (TPSA) is 35.5 Å². The second kappa shape index (κ2) is 4.84. The predicted octanol–water partition coefficient (Wildman–Crippen LogP) is 4.61. The molecule has 0 aromatic carbocycles. The van der Waals surface area contributed by atoms with Crippen LogP contribution in [0.5, 0.6) is 0 Å². The predicted molar refractivity (Wildman–Crippen MR) is 88.6 cm³/mol. The van der Waals surface area contributed by atoms with Gasteiger partial charge in [-0.3, -0.25) is 0 Å². The Labute approximate surface area is 139 Å². The Balaban J connectivity index is 1.70. The molecule has 3 fully saturated rings. The number of hydrogen-bond donors (Lipinski definition) is 0. The Bertz CT molecular complexity index is 563. The van der Waals surface area contributed by atoms with Crippen molar-refractivity contribution in [1.82, 2.24) is 0 Å². The highest BCUT2D eigenvalue weighted by atomic mass is 16.7. The third kappa shape index (κ3) is 2.22. The Morgan fingerprint density at radius 2 is 1.83 bits per heavy atom. The number of esters is 1. The van der Waals surface area contributed by atoms with Crippen molar-refractivity contribution < 1.29 is 14.3 Å². The lowest BCUT2D eigenvalue weighted by Gasteiger charge is -2.62. The lowest BCUT2D eigenvalue weighted by atomic mass is 9.45. The summed E-state index contributed by atoms with van der Waals surface area (Å²) in [6.45, 7) is 9.73. The molecule has 0 amide bonds. The van der Waals surface area contributed by atoms with E-state index >= 15 is 0 Å². The van der Waals surface area contributed by atoms with Gasteiger partial charge in [0.25, 0.3) is 0 Å². The zero-order valence-electron chi connectivity index (χ0n) is 15.0. The van der Waals surface area contributed by atoms with E-state index in [1.807, 2.05) is 0 Å². The number of rotatable bonds is 0. The molecule has 0 spiro atoms. The monoisotopic (exact) mass is 318 g/mol. The summed E-state index contributed by atoms with van der Waals surface area (Å²) in [7, 11) is 0. The van der Waals surface area contributed by atoms with Gasteiger partial charge >= 0.3 is 5.97 Å². The van der Waals surface area contributed by atoms with Crippen LogP contribution in [0.3, 0.4) is 0 Å². The van der Waals surface area contributed by atoms with Gasteiger partial charge in [0, 0.05) is 11.6 Å². The van der Waals surface area contributed by atoms with Gasteiger partial charge in [-0.2, -0.15) is 0 Å².